The largest absolute Gasteiger partial charge is 0.490 e. The summed E-state index contributed by atoms with van der Waals surface area (Å²) in [6.45, 7) is 2.34. The van der Waals surface area contributed by atoms with Gasteiger partial charge in [-0.25, -0.2) is 0 Å². The van der Waals surface area contributed by atoms with Crippen molar-refractivity contribution in [2.75, 3.05) is 0 Å². The molecule has 1 aliphatic heterocycles. The van der Waals surface area contributed by atoms with E-state index in [9.17, 15) is 0 Å². The van der Waals surface area contributed by atoms with Gasteiger partial charge in [-0.05, 0) is 25.8 Å². The smallest absolute Gasteiger partial charge is 0.240 e. The van der Waals surface area contributed by atoms with E-state index >= 15 is 0 Å². The van der Waals surface area contributed by atoms with Crippen LogP contribution in [0.25, 0.3) is 11.4 Å². The summed E-state index contributed by atoms with van der Waals surface area (Å²) in [5.74, 6) is 1.96. The van der Waals surface area contributed by atoms with Crippen molar-refractivity contribution in [3.05, 3.63) is 29.7 Å². The first kappa shape index (κ1) is 11.2. The maximum atomic E-state index is 5.82. The molecule has 3 rings (SSSR count). The van der Waals surface area contributed by atoms with Crippen LogP contribution in [0, 0.1) is 0 Å². The molecule has 0 fully saturated rings. The molecular formula is C13H15N3O2. The summed E-state index contributed by atoms with van der Waals surface area (Å²) in [6, 6.07) is 5.92. The molecule has 1 unspecified atom stereocenters. The standard InChI is InChI=1S/C13H15N3O2/c1-8-5-6-9-10(3-2-4-11(9)17-8)13-15-12(7-14)18-16-13/h2-4,8H,5-7,14H2,1H3. The molecule has 5 nitrogen and oxygen atoms in total. The second kappa shape index (κ2) is 4.42. The van der Waals surface area contributed by atoms with Crippen LogP contribution in [0.2, 0.25) is 0 Å². The molecule has 1 aliphatic rings. The molecule has 1 aromatic heterocycles. The van der Waals surface area contributed by atoms with E-state index in [0.717, 1.165) is 29.7 Å². The molecule has 94 valence electrons. The molecular weight excluding hydrogens is 230 g/mol. The molecule has 1 aromatic carbocycles. The summed E-state index contributed by atoms with van der Waals surface area (Å²) < 4.78 is 10.9. The summed E-state index contributed by atoms with van der Waals surface area (Å²) in [5, 5.41) is 3.96. The van der Waals surface area contributed by atoms with E-state index in [1.807, 2.05) is 18.2 Å². The fourth-order valence-corrected chi connectivity index (χ4v) is 2.21. The van der Waals surface area contributed by atoms with E-state index in [4.69, 9.17) is 15.0 Å². The fourth-order valence-electron chi connectivity index (χ4n) is 2.21. The number of ether oxygens (including phenoxy) is 1. The highest BCUT2D eigenvalue weighted by atomic mass is 16.5. The summed E-state index contributed by atoms with van der Waals surface area (Å²) in [6.07, 6.45) is 2.24. The lowest BCUT2D eigenvalue weighted by atomic mass is 9.97. The van der Waals surface area contributed by atoms with E-state index in [2.05, 4.69) is 17.1 Å². The zero-order valence-corrected chi connectivity index (χ0v) is 10.2. The Bertz CT molecular complexity index is 565. The van der Waals surface area contributed by atoms with E-state index in [-0.39, 0.29) is 12.6 Å². The van der Waals surface area contributed by atoms with Crippen molar-refractivity contribution >= 4 is 0 Å². The van der Waals surface area contributed by atoms with Crippen molar-refractivity contribution in [3.63, 3.8) is 0 Å². The molecule has 18 heavy (non-hydrogen) atoms. The minimum atomic E-state index is 0.259. The van der Waals surface area contributed by atoms with Crippen molar-refractivity contribution in [2.45, 2.75) is 32.4 Å². The first-order valence-corrected chi connectivity index (χ1v) is 6.09. The Morgan fingerprint density at radius 1 is 1.44 bits per heavy atom. The van der Waals surface area contributed by atoms with Crippen LogP contribution in [0.5, 0.6) is 5.75 Å². The van der Waals surface area contributed by atoms with Crippen molar-refractivity contribution in [1.82, 2.24) is 10.1 Å². The topological polar surface area (TPSA) is 74.2 Å². The van der Waals surface area contributed by atoms with Crippen molar-refractivity contribution < 1.29 is 9.26 Å². The van der Waals surface area contributed by atoms with Gasteiger partial charge in [0.1, 0.15) is 5.75 Å². The van der Waals surface area contributed by atoms with Gasteiger partial charge < -0.3 is 15.0 Å². The van der Waals surface area contributed by atoms with Gasteiger partial charge in [0, 0.05) is 11.1 Å². The molecule has 0 spiro atoms. The predicted octanol–water partition coefficient (Wildman–Crippen LogP) is 1.91. The van der Waals surface area contributed by atoms with Gasteiger partial charge in [0.25, 0.3) is 0 Å². The third-order valence-corrected chi connectivity index (χ3v) is 3.15. The highest BCUT2D eigenvalue weighted by Crippen LogP contribution is 2.34. The molecule has 0 aliphatic carbocycles. The normalized spacial score (nSPS) is 18.2. The van der Waals surface area contributed by atoms with Gasteiger partial charge in [0.15, 0.2) is 0 Å². The van der Waals surface area contributed by atoms with Gasteiger partial charge in [0.2, 0.25) is 11.7 Å². The molecule has 0 saturated carbocycles. The summed E-state index contributed by atoms with van der Waals surface area (Å²) >= 11 is 0. The average Bonchev–Trinajstić information content (AvgIpc) is 2.86. The average molecular weight is 245 g/mol. The number of nitrogens with zero attached hydrogens (tertiary/aromatic N) is 2. The van der Waals surface area contributed by atoms with Crippen molar-refractivity contribution in [2.24, 2.45) is 5.73 Å². The van der Waals surface area contributed by atoms with Gasteiger partial charge in [0.05, 0.1) is 12.6 Å². The van der Waals surface area contributed by atoms with Gasteiger partial charge in [-0.3, -0.25) is 0 Å². The lowest BCUT2D eigenvalue weighted by Crippen LogP contribution is -2.19. The lowest BCUT2D eigenvalue weighted by molar-refractivity contribution is 0.193. The lowest BCUT2D eigenvalue weighted by Gasteiger charge is -2.24. The Kier molecular flexibility index (Phi) is 2.76. The highest BCUT2D eigenvalue weighted by Gasteiger charge is 2.21. The number of nitrogens with two attached hydrogens (primary N) is 1. The van der Waals surface area contributed by atoms with Crippen LogP contribution in [0.1, 0.15) is 24.8 Å². The van der Waals surface area contributed by atoms with Gasteiger partial charge in [-0.15, -0.1) is 0 Å². The van der Waals surface area contributed by atoms with Crippen LogP contribution in [0.3, 0.4) is 0 Å². The molecule has 0 bridgehead atoms. The number of rotatable bonds is 2. The third kappa shape index (κ3) is 1.86. The van der Waals surface area contributed by atoms with Crippen LogP contribution >= 0.6 is 0 Å². The monoisotopic (exact) mass is 245 g/mol. The first-order chi connectivity index (χ1) is 8.78. The highest BCUT2D eigenvalue weighted by molar-refractivity contribution is 5.64. The van der Waals surface area contributed by atoms with E-state index in [0.29, 0.717) is 11.7 Å². The Hall–Kier alpha value is -1.88. The molecule has 0 radical (unpaired) electrons. The van der Waals surface area contributed by atoms with E-state index in [1.54, 1.807) is 0 Å². The van der Waals surface area contributed by atoms with E-state index < -0.39 is 0 Å². The van der Waals surface area contributed by atoms with Crippen LogP contribution in [0.4, 0.5) is 0 Å². The van der Waals surface area contributed by atoms with Gasteiger partial charge in [-0.1, -0.05) is 17.3 Å². The van der Waals surface area contributed by atoms with Gasteiger partial charge >= 0.3 is 0 Å². The van der Waals surface area contributed by atoms with Crippen molar-refractivity contribution in [1.29, 1.82) is 0 Å². The molecule has 2 N–H and O–H groups in total. The summed E-state index contributed by atoms with van der Waals surface area (Å²) in [4.78, 5) is 4.27. The molecule has 1 atom stereocenters. The molecule has 2 aromatic rings. The van der Waals surface area contributed by atoms with Crippen molar-refractivity contribution in [3.8, 4) is 17.1 Å². The zero-order valence-electron chi connectivity index (χ0n) is 10.2. The number of benzene rings is 1. The van der Waals surface area contributed by atoms with Crippen LogP contribution < -0.4 is 10.5 Å². The second-order valence-corrected chi connectivity index (χ2v) is 4.47. The molecule has 5 heteroatoms. The van der Waals surface area contributed by atoms with E-state index in [1.165, 1.54) is 0 Å². The minimum Gasteiger partial charge on any atom is -0.490 e. The second-order valence-electron chi connectivity index (χ2n) is 4.47. The molecule has 0 amide bonds. The third-order valence-electron chi connectivity index (χ3n) is 3.15. The van der Waals surface area contributed by atoms with Crippen LogP contribution in [-0.2, 0) is 13.0 Å². The quantitative estimate of drug-likeness (QED) is 0.874. The number of hydrogen-bond acceptors (Lipinski definition) is 5. The predicted molar refractivity (Wildman–Crippen MR) is 66.0 cm³/mol. The van der Waals surface area contributed by atoms with Crippen LogP contribution in [-0.4, -0.2) is 16.2 Å². The SMILES string of the molecule is CC1CCc2c(cccc2-c2noc(CN)n2)O1. The summed E-state index contributed by atoms with van der Waals surface area (Å²) in [7, 11) is 0. The number of fused-ring (bicyclic) bond motifs is 1. The number of hydrogen-bond donors (Lipinski definition) is 1. The zero-order chi connectivity index (χ0) is 12.5. The maximum absolute atomic E-state index is 5.82. The maximum Gasteiger partial charge on any atom is 0.240 e. The van der Waals surface area contributed by atoms with Gasteiger partial charge in [-0.2, -0.15) is 4.98 Å². The van der Waals surface area contributed by atoms with Crippen LogP contribution in [0.15, 0.2) is 22.7 Å². The first-order valence-electron chi connectivity index (χ1n) is 6.09. The number of aromatic nitrogens is 2. The minimum absolute atomic E-state index is 0.259. The Morgan fingerprint density at radius 3 is 3.11 bits per heavy atom. The molecule has 0 saturated heterocycles. The fraction of sp³-hybridized carbons (Fsp3) is 0.385. The Morgan fingerprint density at radius 2 is 2.33 bits per heavy atom. The Balaban J connectivity index is 2.04. The Labute approximate surface area is 105 Å². The summed E-state index contributed by atoms with van der Waals surface area (Å²) in [5.41, 5.74) is 7.60. The molecule has 2 heterocycles.